The SMILES string of the molecule is C=C\C=C/C(/C=C/C(/C=C\C=C)=C/C=C)=C\C=C. The fourth-order valence-electron chi connectivity index (χ4n) is 1.16. The van der Waals surface area contributed by atoms with E-state index in [0.717, 1.165) is 11.1 Å². The Kier molecular flexibility index (Phi) is 9.70. The van der Waals surface area contributed by atoms with E-state index in [1.807, 2.05) is 48.6 Å². The Hall–Kier alpha value is -2.34. The van der Waals surface area contributed by atoms with Crippen LogP contribution in [0.15, 0.2) is 110 Å². The van der Waals surface area contributed by atoms with E-state index in [1.165, 1.54) is 0 Å². The molecule has 0 unspecified atom stereocenters. The van der Waals surface area contributed by atoms with Crippen LogP contribution in [0.25, 0.3) is 0 Å². The van der Waals surface area contributed by atoms with Gasteiger partial charge in [-0.15, -0.1) is 0 Å². The van der Waals surface area contributed by atoms with Gasteiger partial charge in [-0.25, -0.2) is 0 Å². The largest absolute Gasteiger partial charge is 0.0991 e. The van der Waals surface area contributed by atoms with Gasteiger partial charge in [-0.3, -0.25) is 0 Å². The molecule has 0 spiro atoms. The number of rotatable bonds is 8. The Morgan fingerprint density at radius 2 is 0.889 bits per heavy atom. The molecule has 92 valence electrons. The van der Waals surface area contributed by atoms with Crippen LogP contribution in [0.3, 0.4) is 0 Å². The molecule has 0 saturated carbocycles. The highest BCUT2D eigenvalue weighted by molar-refractivity contribution is 5.42. The zero-order valence-electron chi connectivity index (χ0n) is 10.8. The molecule has 0 aromatic heterocycles. The lowest BCUT2D eigenvalue weighted by Gasteiger charge is -1.94. The maximum atomic E-state index is 3.69. The van der Waals surface area contributed by atoms with E-state index in [4.69, 9.17) is 0 Å². The highest BCUT2D eigenvalue weighted by atomic mass is 13.9. The lowest BCUT2D eigenvalue weighted by atomic mass is 10.1. The summed E-state index contributed by atoms with van der Waals surface area (Å²) in [5.74, 6) is 0. The second kappa shape index (κ2) is 11.2. The molecule has 0 aliphatic heterocycles. The van der Waals surface area contributed by atoms with Crippen molar-refractivity contribution in [2.75, 3.05) is 0 Å². The topological polar surface area (TPSA) is 0 Å². The van der Waals surface area contributed by atoms with Gasteiger partial charge < -0.3 is 0 Å². The molecule has 0 fully saturated rings. The second-order valence-corrected chi connectivity index (χ2v) is 3.33. The monoisotopic (exact) mass is 236 g/mol. The molecular formula is C18H20. The van der Waals surface area contributed by atoms with Gasteiger partial charge >= 0.3 is 0 Å². The quantitative estimate of drug-likeness (QED) is 0.505. The van der Waals surface area contributed by atoms with Crippen molar-refractivity contribution >= 4 is 0 Å². The van der Waals surface area contributed by atoms with Gasteiger partial charge in [0.25, 0.3) is 0 Å². The summed E-state index contributed by atoms with van der Waals surface area (Å²) in [5, 5.41) is 0. The van der Waals surface area contributed by atoms with E-state index in [9.17, 15) is 0 Å². The first kappa shape index (κ1) is 15.7. The van der Waals surface area contributed by atoms with Crippen LogP contribution >= 0.6 is 0 Å². The van der Waals surface area contributed by atoms with Crippen molar-refractivity contribution in [1.82, 2.24) is 0 Å². The summed E-state index contributed by atoms with van der Waals surface area (Å²) in [5.41, 5.74) is 2.10. The van der Waals surface area contributed by atoms with Crippen LogP contribution in [0.4, 0.5) is 0 Å². The van der Waals surface area contributed by atoms with E-state index in [2.05, 4.69) is 26.3 Å². The number of allylic oxidation sites excluding steroid dienone is 14. The van der Waals surface area contributed by atoms with Gasteiger partial charge in [0.1, 0.15) is 0 Å². The average Bonchev–Trinajstić information content (AvgIpc) is 2.38. The normalized spacial score (nSPS) is 13.3. The van der Waals surface area contributed by atoms with Gasteiger partial charge in [0.15, 0.2) is 0 Å². The summed E-state index contributed by atoms with van der Waals surface area (Å²) in [6.07, 6.45) is 22.6. The Labute approximate surface area is 111 Å². The lowest BCUT2D eigenvalue weighted by molar-refractivity contribution is 1.62. The zero-order chi connectivity index (χ0) is 13.6. The smallest absolute Gasteiger partial charge is 0.0257 e. The van der Waals surface area contributed by atoms with Crippen molar-refractivity contribution in [2.45, 2.75) is 0 Å². The van der Waals surface area contributed by atoms with E-state index in [1.54, 1.807) is 24.3 Å². The zero-order valence-corrected chi connectivity index (χ0v) is 10.8. The molecule has 0 radical (unpaired) electrons. The predicted molar refractivity (Wildman–Crippen MR) is 84.4 cm³/mol. The van der Waals surface area contributed by atoms with Crippen molar-refractivity contribution in [2.24, 2.45) is 0 Å². The summed E-state index contributed by atoms with van der Waals surface area (Å²) < 4.78 is 0. The molecule has 0 heterocycles. The molecule has 18 heavy (non-hydrogen) atoms. The fraction of sp³-hybridized carbons (Fsp3) is 0. The molecule has 0 aliphatic rings. The highest BCUT2D eigenvalue weighted by Crippen LogP contribution is 2.06. The molecule has 0 bridgehead atoms. The maximum absolute atomic E-state index is 3.69. The Morgan fingerprint density at radius 1 is 0.500 bits per heavy atom. The van der Waals surface area contributed by atoms with Crippen LogP contribution in [-0.4, -0.2) is 0 Å². The van der Waals surface area contributed by atoms with Gasteiger partial charge in [0, 0.05) is 0 Å². The van der Waals surface area contributed by atoms with Gasteiger partial charge in [-0.1, -0.05) is 99.2 Å². The Morgan fingerprint density at radius 3 is 1.17 bits per heavy atom. The van der Waals surface area contributed by atoms with E-state index < -0.39 is 0 Å². The van der Waals surface area contributed by atoms with Crippen molar-refractivity contribution in [1.29, 1.82) is 0 Å². The first-order valence-corrected chi connectivity index (χ1v) is 5.70. The van der Waals surface area contributed by atoms with Gasteiger partial charge in [-0.05, 0) is 11.1 Å². The standard InChI is InChI=1S/C18H20/c1-5-9-13-17(11-7-3)15-16-18(12-8-4)14-10-6-2/h5-16H,1-4H2/b13-9-,14-10-,16-15+,17-11+,18-12+. The maximum Gasteiger partial charge on any atom is -0.0257 e. The van der Waals surface area contributed by atoms with E-state index >= 15 is 0 Å². The first-order chi connectivity index (χ1) is 8.78. The van der Waals surface area contributed by atoms with Gasteiger partial charge in [-0.2, -0.15) is 0 Å². The molecule has 0 N–H and O–H groups in total. The third-order valence-electron chi connectivity index (χ3n) is 1.94. The molecule has 0 aromatic carbocycles. The molecule has 0 heteroatoms. The average molecular weight is 236 g/mol. The molecule has 0 aromatic rings. The Balaban J connectivity index is 5.03. The van der Waals surface area contributed by atoms with Gasteiger partial charge in [0.05, 0.1) is 0 Å². The summed E-state index contributed by atoms with van der Waals surface area (Å²) >= 11 is 0. The molecule has 0 amide bonds. The summed E-state index contributed by atoms with van der Waals surface area (Å²) in [6, 6.07) is 0. The molecule has 0 rings (SSSR count). The number of hydrogen-bond acceptors (Lipinski definition) is 0. The highest BCUT2D eigenvalue weighted by Gasteiger charge is 1.86. The van der Waals surface area contributed by atoms with E-state index in [-0.39, 0.29) is 0 Å². The van der Waals surface area contributed by atoms with Crippen molar-refractivity contribution in [3.05, 3.63) is 110 Å². The summed E-state index contributed by atoms with van der Waals surface area (Å²) in [4.78, 5) is 0. The molecule has 0 aliphatic carbocycles. The third-order valence-corrected chi connectivity index (χ3v) is 1.94. The van der Waals surface area contributed by atoms with Crippen LogP contribution in [0, 0.1) is 0 Å². The third kappa shape index (κ3) is 7.89. The van der Waals surface area contributed by atoms with Crippen molar-refractivity contribution in [3.63, 3.8) is 0 Å². The molecule has 0 atom stereocenters. The minimum atomic E-state index is 1.05. The fourth-order valence-corrected chi connectivity index (χ4v) is 1.16. The van der Waals surface area contributed by atoms with Crippen LogP contribution in [0.5, 0.6) is 0 Å². The van der Waals surface area contributed by atoms with Crippen LogP contribution in [0.1, 0.15) is 0 Å². The second-order valence-electron chi connectivity index (χ2n) is 3.33. The van der Waals surface area contributed by atoms with Crippen LogP contribution in [-0.2, 0) is 0 Å². The van der Waals surface area contributed by atoms with Crippen LogP contribution in [0.2, 0.25) is 0 Å². The van der Waals surface area contributed by atoms with Crippen molar-refractivity contribution < 1.29 is 0 Å². The van der Waals surface area contributed by atoms with Crippen LogP contribution < -0.4 is 0 Å². The summed E-state index contributed by atoms with van der Waals surface area (Å²) in [6.45, 7) is 14.7. The summed E-state index contributed by atoms with van der Waals surface area (Å²) in [7, 11) is 0. The molecular weight excluding hydrogens is 216 g/mol. The Bertz CT molecular complexity index is 393. The minimum absolute atomic E-state index is 1.05. The predicted octanol–water partition coefficient (Wildman–Crippen LogP) is 5.25. The number of hydrogen-bond donors (Lipinski definition) is 0. The molecule has 0 saturated heterocycles. The lowest BCUT2D eigenvalue weighted by Crippen LogP contribution is -1.74. The van der Waals surface area contributed by atoms with E-state index in [0.29, 0.717) is 0 Å². The first-order valence-electron chi connectivity index (χ1n) is 5.70. The van der Waals surface area contributed by atoms with Gasteiger partial charge in [0.2, 0.25) is 0 Å². The minimum Gasteiger partial charge on any atom is -0.0991 e. The molecule has 0 nitrogen and oxygen atoms in total. The van der Waals surface area contributed by atoms with Crippen molar-refractivity contribution in [3.8, 4) is 0 Å².